The summed E-state index contributed by atoms with van der Waals surface area (Å²) >= 11 is 0. The van der Waals surface area contributed by atoms with Crippen LogP contribution in [0.15, 0.2) is 48.5 Å². The molecular weight excluding hydrogens is 260 g/mol. The Bertz CT molecular complexity index is 761. The maximum Gasteiger partial charge on any atom is 0.120 e. The van der Waals surface area contributed by atoms with Crippen LogP contribution in [0.25, 0.3) is 10.9 Å². The minimum atomic E-state index is 0.608. The van der Waals surface area contributed by atoms with E-state index in [0.29, 0.717) is 6.61 Å². The Kier molecular flexibility index (Phi) is 3.13. The first-order chi connectivity index (χ1) is 10.4. The molecule has 1 aliphatic rings. The molecule has 0 radical (unpaired) electrons. The normalized spacial score (nSPS) is 14.1. The van der Waals surface area contributed by atoms with Crippen LogP contribution in [0.3, 0.4) is 0 Å². The summed E-state index contributed by atoms with van der Waals surface area (Å²) in [5, 5.41) is 4.72. The largest absolute Gasteiger partial charge is 0.489 e. The van der Waals surface area contributed by atoms with E-state index >= 15 is 0 Å². The molecule has 1 aliphatic heterocycles. The van der Waals surface area contributed by atoms with E-state index < -0.39 is 0 Å². The lowest BCUT2D eigenvalue weighted by Gasteiger charge is -2.12. The van der Waals surface area contributed by atoms with Crippen molar-refractivity contribution < 1.29 is 4.74 Å². The Hall–Kier alpha value is -2.26. The van der Waals surface area contributed by atoms with Crippen LogP contribution in [0.1, 0.15) is 16.8 Å². The van der Waals surface area contributed by atoms with Gasteiger partial charge in [0.1, 0.15) is 12.4 Å². The van der Waals surface area contributed by atoms with Crippen molar-refractivity contribution in [2.45, 2.75) is 19.6 Å². The Morgan fingerprint density at radius 1 is 1.05 bits per heavy atom. The molecule has 2 heterocycles. The van der Waals surface area contributed by atoms with Crippen LogP contribution in [0, 0.1) is 0 Å². The second-order valence-electron chi connectivity index (χ2n) is 5.49. The summed E-state index contributed by atoms with van der Waals surface area (Å²) in [5.74, 6) is 0.929. The first-order valence-corrected chi connectivity index (χ1v) is 7.41. The molecular formula is C18H18N2O. The van der Waals surface area contributed by atoms with Gasteiger partial charge in [-0.3, -0.25) is 0 Å². The Labute approximate surface area is 123 Å². The second-order valence-corrected chi connectivity index (χ2v) is 5.49. The molecule has 3 heteroatoms. The van der Waals surface area contributed by atoms with E-state index in [9.17, 15) is 0 Å². The standard InChI is InChI=1S/C18H18N2O/c1-2-4-13(5-3-1)12-21-14-6-7-17-15(10-14)16-11-19-9-8-18(16)20-17/h1-7,10,19-20H,8-9,11-12H2. The fourth-order valence-electron chi connectivity index (χ4n) is 2.96. The summed E-state index contributed by atoms with van der Waals surface area (Å²) < 4.78 is 5.93. The quantitative estimate of drug-likeness (QED) is 0.770. The molecule has 0 unspecified atom stereocenters. The number of ether oxygens (including phenoxy) is 1. The van der Waals surface area contributed by atoms with Gasteiger partial charge in [0.25, 0.3) is 0 Å². The molecule has 0 spiro atoms. The average Bonchev–Trinajstić information content (AvgIpc) is 2.92. The zero-order valence-corrected chi connectivity index (χ0v) is 11.9. The predicted octanol–water partition coefficient (Wildman–Crippen LogP) is 3.39. The van der Waals surface area contributed by atoms with Crippen molar-refractivity contribution in [3.8, 4) is 5.75 Å². The molecule has 0 amide bonds. The van der Waals surface area contributed by atoms with Crippen LogP contribution in [0.4, 0.5) is 0 Å². The summed E-state index contributed by atoms with van der Waals surface area (Å²) in [7, 11) is 0. The summed E-state index contributed by atoms with van der Waals surface area (Å²) in [5.41, 5.74) is 5.15. The Balaban J connectivity index is 1.61. The zero-order valence-electron chi connectivity index (χ0n) is 11.9. The molecule has 21 heavy (non-hydrogen) atoms. The minimum absolute atomic E-state index is 0.608. The predicted molar refractivity (Wildman–Crippen MR) is 84.5 cm³/mol. The molecule has 0 saturated heterocycles. The smallest absolute Gasteiger partial charge is 0.120 e. The second kappa shape index (κ2) is 5.26. The van der Waals surface area contributed by atoms with E-state index in [4.69, 9.17) is 4.74 Å². The Morgan fingerprint density at radius 2 is 1.95 bits per heavy atom. The van der Waals surface area contributed by atoms with Gasteiger partial charge in [-0.25, -0.2) is 0 Å². The lowest BCUT2D eigenvalue weighted by Crippen LogP contribution is -2.22. The third kappa shape index (κ3) is 2.41. The van der Waals surface area contributed by atoms with E-state index in [0.717, 1.165) is 25.3 Å². The lowest BCUT2D eigenvalue weighted by molar-refractivity contribution is 0.306. The molecule has 3 nitrogen and oxygen atoms in total. The van der Waals surface area contributed by atoms with E-state index in [1.165, 1.54) is 27.7 Å². The van der Waals surface area contributed by atoms with Gasteiger partial charge in [0, 0.05) is 36.1 Å². The maximum atomic E-state index is 5.93. The van der Waals surface area contributed by atoms with E-state index in [-0.39, 0.29) is 0 Å². The van der Waals surface area contributed by atoms with Gasteiger partial charge in [-0.2, -0.15) is 0 Å². The third-order valence-corrected chi connectivity index (χ3v) is 4.07. The molecule has 106 valence electrons. The molecule has 0 fully saturated rings. The van der Waals surface area contributed by atoms with Crippen molar-refractivity contribution in [1.29, 1.82) is 0 Å². The molecule has 0 aliphatic carbocycles. The summed E-state index contributed by atoms with van der Waals surface area (Å²) in [4.78, 5) is 3.52. The topological polar surface area (TPSA) is 37.0 Å². The van der Waals surface area contributed by atoms with Gasteiger partial charge >= 0.3 is 0 Å². The number of rotatable bonds is 3. The number of fused-ring (bicyclic) bond motifs is 3. The lowest BCUT2D eigenvalue weighted by atomic mass is 10.1. The number of hydrogen-bond donors (Lipinski definition) is 2. The Morgan fingerprint density at radius 3 is 2.86 bits per heavy atom. The van der Waals surface area contributed by atoms with Crippen LogP contribution in [0.2, 0.25) is 0 Å². The molecule has 0 atom stereocenters. The van der Waals surface area contributed by atoms with E-state index in [2.05, 4.69) is 34.6 Å². The maximum absolute atomic E-state index is 5.93. The van der Waals surface area contributed by atoms with Gasteiger partial charge < -0.3 is 15.0 Å². The monoisotopic (exact) mass is 278 g/mol. The SMILES string of the molecule is c1ccc(COc2ccc3[nH]c4c(c3c2)CNCC4)cc1. The molecule has 4 rings (SSSR count). The van der Waals surface area contributed by atoms with Gasteiger partial charge in [0.05, 0.1) is 0 Å². The fraction of sp³-hybridized carbons (Fsp3) is 0.222. The summed E-state index contributed by atoms with van der Waals surface area (Å²) in [6.45, 7) is 2.60. The zero-order chi connectivity index (χ0) is 14.1. The fourth-order valence-corrected chi connectivity index (χ4v) is 2.96. The first-order valence-electron chi connectivity index (χ1n) is 7.41. The summed E-state index contributed by atoms with van der Waals surface area (Å²) in [6.07, 6.45) is 1.07. The van der Waals surface area contributed by atoms with Gasteiger partial charge in [0.15, 0.2) is 0 Å². The number of benzene rings is 2. The van der Waals surface area contributed by atoms with Crippen molar-refractivity contribution in [3.63, 3.8) is 0 Å². The highest BCUT2D eigenvalue weighted by Crippen LogP contribution is 2.28. The van der Waals surface area contributed by atoms with Gasteiger partial charge in [-0.05, 0) is 29.3 Å². The highest BCUT2D eigenvalue weighted by molar-refractivity contribution is 5.86. The van der Waals surface area contributed by atoms with Crippen LogP contribution in [-0.4, -0.2) is 11.5 Å². The molecule has 2 aromatic carbocycles. The summed E-state index contributed by atoms with van der Waals surface area (Å²) in [6, 6.07) is 16.6. The van der Waals surface area contributed by atoms with Crippen LogP contribution < -0.4 is 10.1 Å². The van der Waals surface area contributed by atoms with Gasteiger partial charge in [-0.15, -0.1) is 0 Å². The van der Waals surface area contributed by atoms with Crippen molar-refractivity contribution in [1.82, 2.24) is 10.3 Å². The van der Waals surface area contributed by atoms with Crippen LogP contribution in [-0.2, 0) is 19.6 Å². The number of H-pyrrole nitrogens is 1. The van der Waals surface area contributed by atoms with E-state index in [1.54, 1.807) is 0 Å². The molecule has 0 saturated carbocycles. The highest BCUT2D eigenvalue weighted by atomic mass is 16.5. The van der Waals surface area contributed by atoms with Gasteiger partial charge in [0.2, 0.25) is 0 Å². The van der Waals surface area contributed by atoms with Gasteiger partial charge in [-0.1, -0.05) is 30.3 Å². The van der Waals surface area contributed by atoms with Crippen molar-refractivity contribution in [3.05, 3.63) is 65.4 Å². The van der Waals surface area contributed by atoms with E-state index in [1.807, 2.05) is 24.3 Å². The highest BCUT2D eigenvalue weighted by Gasteiger charge is 2.15. The number of nitrogens with one attached hydrogen (secondary N) is 2. The number of aromatic amines is 1. The van der Waals surface area contributed by atoms with Crippen molar-refractivity contribution in [2.24, 2.45) is 0 Å². The molecule has 2 N–H and O–H groups in total. The molecule has 0 bridgehead atoms. The first kappa shape index (κ1) is 12.5. The molecule has 3 aromatic rings. The average molecular weight is 278 g/mol. The minimum Gasteiger partial charge on any atom is -0.489 e. The van der Waals surface area contributed by atoms with Crippen molar-refractivity contribution in [2.75, 3.05) is 6.54 Å². The van der Waals surface area contributed by atoms with Crippen molar-refractivity contribution >= 4 is 10.9 Å². The molecule has 1 aromatic heterocycles. The van der Waals surface area contributed by atoms with Crippen LogP contribution in [0.5, 0.6) is 5.75 Å². The number of hydrogen-bond acceptors (Lipinski definition) is 2. The number of aromatic nitrogens is 1. The third-order valence-electron chi connectivity index (χ3n) is 4.07. The van der Waals surface area contributed by atoms with Crippen LogP contribution >= 0.6 is 0 Å².